The highest BCUT2D eigenvalue weighted by molar-refractivity contribution is 6.31. The van der Waals surface area contributed by atoms with Gasteiger partial charge < -0.3 is 9.47 Å². The summed E-state index contributed by atoms with van der Waals surface area (Å²) in [4.78, 5) is 12.7. The predicted molar refractivity (Wildman–Crippen MR) is 116 cm³/mol. The van der Waals surface area contributed by atoms with Crippen LogP contribution in [0.1, 0.15) is 46.8 Å². The maximum Gasteiger partial charge on any atom is 0.231 e. The Morgan fingerprint density at radius 3 is 2.52 bits per heavy atom. The molecule has 0 unspecified atom stereocenters. The average molecular weight is 405 g/mol. The first-order chi connectivity index (χ1) is 14.0. The molecule has 3 aromatic rings. The summed E-state index contributed by atoms with van der Waals surface area (Å²) in [5.41, 5.74) is 3.63. The molecule has 3 nitrogen and oxygen atoms in total. The molecule has 1 heterocycles. The number of hydrogen-bond donors (Lipinski definition) is 0. The van der Waals surface area contributed by atoms with Crippen LogP contribution in [0.15, 0.2) is 72.5 Å². The third-order valence-electron chi connectivity index (χ3n) is 4.89. The molecule has 0 aromatic heterocycles. The smallest absolute Gasteiger partial charge is 0.231 e. The van der Waals surface area contributed by atoms with E-state index in [1.807, 2.05) is 36.4 Å². The van der Waals surface area contributed by atoms with Crippen LogP contribution in [0.2, 0.25) is 5.02 Å². The van der Waals surface area contributed by atoms with Crippen molar-refractivity contribution in [2.24, 2.45) is 0 Å². The lowest BCUT2D eigenvalue weighted by molar-refractivity contribution is 0.101. The van der Waals surface area contributed by atoms with Gasteiger partial charge in [0.1, 0.15) is 18.1 Å². The van der Waals surface area contributed by atoms with Crippen LogP contribution in [-0.2, 0) is 6.61 Å². The third-order valence-corrected chi connectivity index (χ3v) is 5.26. The summed E-state index contributed by atoms with van der Waals surface area (Å²) in [7, 11) is 0. The molecule has 0 amide bonds. The number of halogens is 1. The lowest BCUT2D eigenvalue weighted by Crippen LogP contribution is -1.98. The molecule has 0 fully saturated rings. The van der Waals surface area contributed by atoms with E-state index in [0.29, 0.717) is 40.4 Å². The SMILES string of the molecule is CC(C)c1ccc(/C=C2\Oc3cc(OCc4ccccc4Cl)ccc3C2=O)cc1. The fourth-order valence-corrected chi connectivity index (χ4v) is 3.35. The van der Waals surface area contributed by atoms with Crippen LogP contribution in [-0.4, -0.2) is 5.78 Å². The summed E-state index contributed by atoms with van der Waals surface area (Å²) in [6.07, 6.45) is 1.77. The molecule has 0 N–H and O–H groups in total. The average Bonchev–Trinajstić information content (AvgIpc) is 3.02. The van der Waals surface area contributed by atoms with Gasteiger partial charge in [-0.15, -0.1) is 0 Å². The lowest BCUT2D eigenvalue weighted by atomic mass is 10.0. The Labute approximate surface area is 175 Å². The van der Waals surface area contributed by atoms with Crippen molar-refractivity contribution in [2.75, 3.05) is 0 Å². The molecule has 4 rings (SSSR count). The summed E-state index contributed by atoms with van der Waals surface area (Å²) in [6.45, 7) is 4.65. The van der Waals surface area contributed by atoms with Gasteiger partial charge in [0.15, 0.2) is 5.76 Å². The molecular weight excluding hydrogens is 384 g/mol. The number of rotatable bonds is 5. The highest BCUT2D eigenvalue weighted by Gasteiger charge is 2.27. The Morgan fingerprint density at radius 1 is 1.03 bits per heavy atom. The molecule has 1 aliphatic heterocycles. The van der Waals surface area contributed by atoms with E-state index in [1.165, 1.54) is 5.56 Å². The molecule has 146 valence electrons. The first kappa shape index (κ1) is 19.3. The molecular formula is C25H21ClO3. The molecule has 0 aliphatic carbocycles. The molecule has 0 saturated heterocycles. The molecule has 0 radical (unpaired) electrons. The summed E-state index contributed by atoms with van der Waals surface area (Å²) in [6, 6.07) is 20.9. The van der Waals surface area contributed by atoms with Crippen LogP contribution in [0, 0.1) is 0 Å². The van der Waals surface area contributed by atoms with E-state index in [9.17, 15) is 4.79 Å². The van der Waals surface area contributed by atoms with Gasteiger partial charge in [0, 0.05) is 16.7 Å². The number of Topliss-reactive ketones (excluding diaryl/α,β-unsaturated/α-hetero) is 1. The van der Waals surface area contributed by atoms with Gasteiger partial charge >= 0.3 is 0 Å². The first-order valence-corrected chi connectivity index (χ1v) is 9.93. The van der Waals surface area contributed by atoms with Crippen LogP contribution in [0.5, 0.6) is 11.5 Å². The van der Waals surface area contributed by atoms with Crippen molar-refractivity contribution in [3.63, 3.8) is 0 Å². The molecule has 0 atom stereocenters. The maximum absolute atomic E-state index is 12.7. The van der Waals surface area contributed by atoms with Crippen LogP contribution in [0.3, 0.4) is 0 Å². The normalized spacial score (nSPS) is 14.2. The van der Waals surface area contributed by atoms with E-state index in [1.54, 1.807) is 24.3 Å². The van der Waals surface area contributed by atoms with Gasteiger partial charge in [0.25, 0.3) is 0 Å². The number of allylic oxidation sites excluding steroid dienone is 1. The van der Waals surface area contributed by atoms with E-state index >= 15 is 0 Å². The molecule has 3 aromatic carbocycles. The number of benzene rings is 3. The van der Waals surface area contributed by atoms with E-state index < -0.39 is 0 Å². The minimum absolute atomic E-state index is 0.120. The topological polar surface area (TPSA) is 35.5 Å². The standard InChI is InChI=1S/C25H21ClO3/c1-16(2)18-9-7-17(8-10-18)13-24-25(27)21-12-11-20(14-23(21)29-24)28-15-19-5-3-4-6-22(19)26/h3-14,16H,15H2,1-2H3/b24-13-. The number of carbonyl (C=O) groups is 1. The molecule has 0 bridgehead atoms. The van der Waals surface area contributed by atoms with Crippen molar-refractivity contribution in [3.05, 3.63) is 99.8 Å². The van der Waals surface area contributed by atoms with E-state index in [-0.39, 0.29) is 5.78 Å². The third kappa shape index (κ3) is 4.20. The van der Waals surface area contributed by atoms with Gasteiger partial charge in [0.2, 0.25) is 5.78 Å². The zero-order valence-electron chi connectivity index (χ0n) is 16.3. The first-order valence-electron chi connectivity index (χ1n) is 9.56. The Hall–Kier alpha value is -3.04. The fraction of sp³-hybridized carbons (Fsp3) is 0.160. The summed E-state index contributed by atoms with van der Waals surface area (Å²) >= 11 is 6.17. The minimum Gasteiger partial charge on any atom is -0.489 e. The van der Waals surface area contributed by atoms with E-state index in [2.05, 4.69) is 26.0 Å². The zero-order valence-corrected chi connectivity index (χ0v) is 17.1. The van der Waals surface area contributed by atoms with Gasteiger partial charge in [-0.05, 0) is 41.3 Å². The minimum atomic E-state index is -0.120. The highest BCUT2D eigenvalue weighted by Crippen LogP contribution is 2.35. The number of ether oxygens (including phenoxy) is 2. The summed E-state index contributed by atoms with van der Waals surface area (Å²) < 4.78 is 11.7. The lowest BCUT2D eigenvalue weighted by Gasteiger charge is -2.08. The second-order valence-electron chi connectivity index (χ2n) is 7.30. The van der Waals surface area contributed by atoms with Crippen molar-refractivity contribution < 1.29 is 14.3 Å². The van der Waals surface area contributed by atoms with Crippen LogP contribution < -0.4 is 9.47 Å². The zero-order chi connectivity index (χ0) is 20.4. The van der Waals surface area contributed by atoms with E-state index in [4.69, 9.17) is 21.1 Å². The number of fused-ring (bicyclic) bond motifs is 1. The Morgan fingerprint density at radius 2 is 1.79 bits per heavy atom. The maximum atomic E-state index is 12.7. The monoisotopic (exact) mass is 404 g/mol. The highest BCUT2D eigenvalue weighted by atomic mass is 35.5. The Bertz CT molecular complexity index is 1080. The Kier molecular flexibility index (Phi) is 5.41. The molecule has 1 aliphatic rings. The fourth-order valence-electron chi connectivity index (χ4n) is 3.16. The second-order valence-corrected chi connectivity index (χ2v) is 7.71. The van der Waals surface area contributed by atoms with E-state index in [0.717, 1.165) is 11.1 Å². The largest absolute Gasteiger partial charge is 0.489 e. The van der Waals surface area contributed by atoms with Crippen molar-refractivity contribution in [3.8, 4) is 11.5 Å². The van der Waals surface area contributed by atoms with Crippen LogP contribution >= 0.6 is 11.6 Å². The van der Waals surface area contributed by atoms with Gasteiger partial charge in [0.05, 0.1) is 5.56 Å². The van der Waals surface area contributed by atoms with Crippen molar-refractivity contribution in [1.29, 1.82) is 0 Å². The molecule has 4 heteroatoms. The van der Waals surface area contributed by atoms with Gasteiger partial charge in [-0.3, -0.25) is 4.79 Å². The van der Waals surface area contributed by atoms with Crippen LogP contribution in [0.25, 0.3) is 6.08 Å². The molecule has 0 saturated carbocycles. The van der Waals surface area contributed by atoms with Gasteiger partial charge in [-0.25, -0.2) is 0 Å². The van der Waals surface area contributed by atoms with Gasteiger partial charge in [-0.2, -0.15) is 0 Å². The Balaban J connectivity index is 1.50. The number of carbonyl (C=O) groups excluding carboxylic acids is 1. The number of ketones is 1. The summed E-state index contributed by atoms with van der Waals surface area (Å²) in [5, 5.41) is 0.661. The van der Waals surface area contributed by atoms with Gasteiger partial charge in [-0.1, -0.05) is 67.9 Å². The quantitative estimate of drug-likeness (QED) is 0.446. The number of hydrogen-bond acceptors (Lipinski definition) is 3. The van der Waals surface area contributed by atoms with Crippen molar-refractivity contribution >= 4 is 23.5 Å². The van der Waals surface area contributed by atoms with Crippen molar-refractivity contribution in [1.82, 2.24) is 0 Å². The molecule has 0 spiro atoms. The second kappa shape index (κ2) is 8.14. The van der Waals surface area contributed by atoms with Crippen molar-refractivity contribution in [2.45, 2.75) is 26.4 Å². The predicted octanol–water partition coefficient (Wildman–Crippen LogP) is 6.66. The summed E-state index contributed by atoms with van der Waals surface area (Å²) in [5.74, 6) is 1.80. The molecule has 29 heavy (non-hydrogen) atoms. The van der Waals surface area contributed by atoms with Crippen LogP contribution in [0.4, 0.5) is 0 Å².